The lowest BCUT2D eigenvalue weighted by molar-refractivity contribution is -0.144. The Morgan fingerprint density at radius 2 is 1.24 bits per heavy atom. The second kappa shape index (κ2) is 4.23. The second-order valence-corrected chi connectivity index (χ2v) is 3.69. The number of aryl methyl sites for hydroxylation is 1. The van der Waals surface area contributed by atoms with Crippen molar-refractivity contribution in [3.8, 4) is 0 Å². The molecule has 0 saturated carbocycles. The maximum absolute atomic E-state index is 12.6. The third kappa shape index (κ3) is 2.92. The monoisotopic (exact) mass is 256 g/mol. The summed E-state index contributed by atoms with van der Waals surface area (Å²) in [7, 11) is 0. The summed E-state index contributed by atoms with van der Waals surface area (Å²) in [6.45, 7) is 2.49. The van der Waals surface area contributed by atoms with Gasteiger partial charge in [0.15, 0.2) is 0 Å². The molecule has 0 N–H and O–H groups in total. The van der Waals surface area contributed by atoms with Crippen molar-refractivity contribution in [1.82, 2.24) is 0 Å². The van der Waals surface area contributed by atoms with E-state index in [2.05, 4.69) is 0 Å². The molecule has 0 nitrogen and oxygen atoms in total. The molecule has 6 heteroatoms. The molecule has 0 radical (unpaired) electrons. The van der Waals surface area contributed by atoms with Gasteiger partial charge in [-0.05, 0) is 36.6 Å². The first-order valence-electron chi connectivity index (χ1n) is 4.85. The molecule has 1 aromatic carbocycles. The number of benzene rings is 1. The van der Waals surface area contributed by atoms with E-state index in [1.54, 1.807) is 0 Å². The van der Waals surface area contributed by atoms with Crippen LogP contribution >= 0.6 is 0 Å². The SMILES string of the molecule is CCc1c(C(F)(F)F)cc(C)cc1C(F)(F)F. The summed E-state index contributed by atoms with van der Waals surface area (Å²) in [5, 5.41) is 0. The zero-order valence-corrected chi connectivity index (χ0v) is 9.13. The van der Waals surface area contributed by atoms with E-state index in [-0.39, 0.29) is 12.0 Å². The van der Waals surface area contributed by atoms with Gasteiger partial charge in [-0.3, -0.25) is 0 Å². The summed E-state index contributed by atoms with van der Waals surface area (Å²) in [5.41, 5.74) is -3.16. The molecule has 0 amide bonds. The standard InChI is InChI=1S/C11H10F6/c1-3-7-8(10(12,13)14)4-6(2)5-9(7)11(15,16)17/h4-5H,3H2,1-2H3. The summed E-state index contributed by atoms with van der Waals surface area (Å²) < 4.78 is 75.7. The molecule has 17 heavy (non-hydrogen) atoms. The van der Waals surface area contributed by atoms with Crippen molar-refractivity contribution in [3.63, 3.8) is 0 Å². The minimum Gasteiger partial charge on any atom is -0.166 e. The molecule has 0 aliphatic rings. The van der Waals surface area contributed by atoms with Crippen LogP contribution in [-0.2, 0) is 18.8 Å². The van der Waals surface area contributed by atoms with Gasteiger partial charge in [0, 0.05) is 0 Å². The van der Waals surface area contributed by atoms with Crippen LogP contribution in [0.25, 0.3) is 0 Å². The molecular formula is C11H10F6. The molecular weight excluding hydrogens is 246 g/mol. The fourth-order valence-corrected chi connectivity index (χ4v) is 1.70. The van der Waals surface area contributed by atoms with Gasteiger partial charge in [-0.15, -0.1) is 0 Å². The van der Waals surface area contributed by atoms with Gasteiger partial charge in [-0.25, -0.2) is 0 Å². The van der Waals surface area contributed by atoms with Crippen molar-refractivity contribution in [2.24, 2.45) is 0 Å². The normalized spacial score (nSPS) is 12.9. The molecule has 0 fully saturated rings. The van der Waals surface area contributed by atoms with Crippen LogP contribution in [0, 0.1) is 6.92 Å². The Labute approximate surface area is 94.2 Å². The van der Waals surface area contributed by atoms with Gasteiger partial charge in [0.1, 0.15) is 0 Å². The summed E-state index contributed by atoms with van der Waals surface area (Å²) in [6.07, 6.45) is -9.85. The zero-order chi connectivity index (χ0) is 13.4. The highest BCUT2D eigenvalue weighted by atomic mass is 19.4. The number of rotatable bonds is 1. The second-order valence-electron chi connectivity index (χ2n) is 3.69. The quantitative estimate of drug-likeness (QED) is 0.644. The molecule has 0 aliphatic carbocycles. The van der Waals surface area contributed by atoms with E-state index in [1.165, 1.54) is 13.8 Å². The van der Waals surface area contributed by atoms with E-state index >= 15 is 0 Å². The molecule has 1 aromatic rings. The lowest BCUT2D eigenvalue weighted by Gasteiger charge is -2.18. The van der Waals surface area contributed by atoms with E-state index in [9.17, 15) is 26.3 Å². The lowest BCUT2D eigenvalue weighted by Crippen LogP contribution is -2.16. The van der Waals surface area contributed by atoms with Crippen molar-refractivity contribution < 1.29 is 26.3 Å². The highest BCUT2D eigenvalue weighted by molar-refractivity contribution is 5.42. The van der Waals surface area contributed by atoms with Crippen LogP contribution in [0.4, 0.5) is 26.3 Å². The number of hydrogen-bond acceptors (Lipinski definition) is 0. The van der Waals surface area contributed by atoms with E-state index in [4.69, 9.17) is 0 Å². The maximum atomic E-state index is 12.6. The van der Waals surface area contributed by atoms with Crippen LogP contribution in [0.1, 0.15) is 29.2 Å². The van der Waals surface area contributed by atoms with Gasteiger partial charge in [0.2, 0.25) is 0 Å². The molecule has 1 rings (SSSR count). The zero-order valence-electron chi connectivity index (χ0n) is 9.13. The minimum atomic E-state index is -4.77. The van der Waals surface area contributed by atoms with Crippen LogP contribution in [-0.4, -0.2) is 0 Å². The van der Waals surface area contributed by atoms with Crippen molar-refractivity contribution in [2.45, 2.75) is 32.6 Å². The van der Waals surface area contributed by atoms with E-state index < -0.39 is 29.0 Å². The fourth-order valence-electron chi connectivity index (χ4n) is 1.70. The summed E-state index contributed by atoms with van der Waals surface area (Å²) >= 11 is 0. The predicted molar refractivity (Wildman–Crippen MR) is 50.6 cm³/mol. The highest BCUT2D eigenvalue weighted by Gasteiger charge is 2.40. The Morgan fingerprint density at radius 1 is 0.882 bits per heavy atom. The molecule has 0 aliphatic heterocycles. The first kappa shape index (κ1) is 13.9. The van der Waals surface area contributed by atoms with Gasteiger partial charge >= 0.3 is 12.4 Å². The van der Waals surface area contributed by atoms with Gasteiger partial charge in [-0.1, -0.05) is 6.92 Å². The molecule has 0 unspecified atom stereocenters. The summed E-state index contributed by atoms with van der Waals surface area (Å²) in [6, 6.07) is 1.49. The molecule has 96 valence electrons. The van der Waals surface area contributed by atoms with Gasteiger partial charge in [0.25, 0.3) is 0 Å². The van der Waals surface area contributed by atoms with Crippen molar-refractivity contribution in [1.29, 1.82) is 0 Å². The smallest absolute Gasteiger partial charge is 0.166 e. The van der Waals surface area contributed by atoms with Crippen LogP contribution in [0.5, 0.6) is 0 Å². The lowest BCUT2D eigenvalue weighted by atomic mass is 9.95. The van der Waals surface area contributed by atoms with Crippen LogP contribution in [0.15, 0.2) is 12.1 Å². The maximum Gasteiger partial charge on any atom is 0.416 e. The molecule has 0 saturated heterocycles. The molecule has 0 aromatic heterocycles. The third-order valence-corrected chi connectivity index (χ3v) is 2.36. The van der Waals surface area contributed by atoms with E-state index in [0.717, 1.165) is 12.1 Å². The van der Waals surface area contributed by atoms with Crippen LogP contribution in [0.2, 0.25) is 0 Å². The average molecular weight is 256 g/mol. The number of hydrogen-bond donors (Lipinski definition) is 0. The van der Waals surface area contributed by atoms with Crippen molar-refractivity contribution >= 4 is 0 Å². The van der Waals surface area contributed by atoms with E-state index in [0.29, 0.717) is 0 Å². The Kier molecular flexibility index (Phi) is 3.45. The summed E-state index contributed by atoms with van der Waals surface area (Å²) in [5.74, 6) is 0. The number of halogens is 6. The third-order valence-electron chi connectivity index (χ3n) is 2.36. The largest absolute Gasteiger partial charge is 0.416 e. The Bertz CT molecular complexity index is 378. The van der Waals surface area contributed by atoms with Crippen LogP contribution in [0.3, 0.4) is 0 Å². The van der Waals surface area contributed by atoms with Crippen LogP contribution < -0.4 is 0 Å². The fraction of sp³-hybridized carbons (Fsp3) is 0.455. The number of alkyl halides is 6. The summed E-state index contributed by atoms with van der Waals surface area (Å²) in [4.78, 5) is 0. The van der Waals surface area contributed by atoms with Gasteiger partial charge < -0.3 is 0 Å². The molecule has 0 atom stereocenters. The minimum absolute atomic E-state index is 0.0538. The Hall–Kier alpha value is -1.20. The van der Waals surface area contributed by atoms with Gasteiger partial charge in [-0.2, -0.15) is 26.3 Å². The Balaban J connectivity index is 3.58. The Morgan fingerprint density at radius 3 is 1.47 bits per heavy atom. The highest BCUT2D eigenvalue weighted by Crippen LogP contribution is 2.40. The predicted octanol–water partition coefficient (Wildman–Crippen LogP) is 4.60. The van der Waals surface area contributed by atoms with Crippen molar-refractivity contribution in [3.05, 3.63) is 34.4 Å². The van der Waals surface area contributed by atoms with E-state index in [1.807, 2.05) is 0 Å². The van der Waals surface area contributed by atoms with Crippen molar-refractivity contribution in [2.75, 3.05) is 0 Å². The first-order chi connectivity index (χ1) is 7.57. The first-order valence-corrected chi connectivity index (χ1v) is 4.85. The van der Waals surface area contributed by atoms with Gasteiger partial charge in [0.05, 0.1) is 11.1 Å². The topological polar surface area (TPSA) is 0 Å². The average Bonchev–Trinajstić information content (AvgIpc) is 2.13. The molecule has 0 spiro atoms. The molecule has 0 bridgehead atoms. The molecule has 0 heterocycles.